The lowest BCUT2D eigenvalue weighted by molar-refractivity contribution is 0.453. The number of benzene rings is 1. The van der Waals surface area contributed by atoms with E-state index >= 15 is 0 Å². The Morgan fingerprint density at radius 2 is 2.00 bits per heavy atom. The van der Waals surface area contributed by atoms with E-state index in [1.54, 1.807) is 12.1 Å². The minimum absolute atomic E-state index is 0. The number of hydrogen-bond acceptors (Lipinski definition) is 6. The van der Waals surface area contributed by atoms with Crippen molar-refractivity contribution in [2.45, 2.75) is 18.8 Å². The van der Waals surface area contributed by atoms with Crippen LogP contribution in [0.1, 0.15) is 29.9 Å². The highest BCUT2D eigenvalue weighted by Gasteiger charge is 2.23. The zero-order valence-electron chi connectivity index (χ0n) is 13.0. The van der Waals surface area contributed by atoms with Crippen LogP contribution in [0.2, 0.25) is 0 Å². The maximum absolute atomic E-state index is 10.0. The van der Waals surface area contributed by atoms with Gasteiger partial charge in [0.1, 0.15) is 23.4 Å². The first-order chi connectivity index (χ1) is 11.1. The molecule has 5 N–H and O–H groups in total. The van der Waals surface area contributed by atoms with Crippen molar-refractivity contribution in [3.05, 3.63) is 35.4 Å². The number of nitriles is 1. The molecule has 0 saturated carbocycles. The number of rotatable bonds is 2. The maximum atomic E-state index is 10.0. The number of anilines is 1. The van der Waals surface area contributed by atoms with Gasteiger partial charge in [-0.15, -0.1) is 12.4 Å². The Balaban J connectivity index is 0.00000208. The fraction of sp³-hybridized carbons (Fsp3) is 0.294. The van der Waals surface area contributed by atoms with Crippen LogP contribution < -0.4 is 11.1 Å². The average molecular weight is 347 g/mol. The zero-order chi connectivity index (χ0) is 16.4. The third kappa shape index (κ3) is 3.23. The number of phenols is 2. The molecule has 1 aromatic heterocycles. The lowest BCUT2D eigenvalue weighted by atomic mass is 9.88. The molecule has 0 amide bonds. The van der Waals surface area contributed by atoms with Crippen molar-refractivity contribution >= 4 is 18.2 Å². The smallest absolute Gasteiger partial charge is 0.142 e. The monoisotopic (exact) mass is 346 g/mol. The molecule has 1 saturated heterocycles. The molecule has 6 nitrogen and oxygen atoms in total. The number of phenolic OH excluding ortho intramolecular Hbond substituents is 2. The summed E-state index contributed by atoms with van der Waals surface area (Å²) in [5.74, 6) is 0.132. The fourth-order valence-electron chi connectivity index (χ4n) is 3.07. The highest BCUT2D eigenvalue weighted by molar-refractivity contribution is 5.85. The maximum Gasteiger partial charge on any atom is 0.142 e. The van der Waals surface area contributed by atoms with Gasteiger partial charge < -0.3 is 21.3 Å². The molecule has 2 aromatic rings. The topological polar surface area (TPSA) is 115 Å². The van der Waals surface area contributed by atoms with Gasteiger partial charge in [-0.1, -0.05) is 6.07 Å². The summed E-state index contributed by atoms with van der Waals surface area (Å²) in [6, 6.07) is 8.39. The first kappa shape index (κ1) is 17.9. The molecule has 3 rings (SSSR count). The Bertz CT molecular complexity index is 763. The Kier molecular flexibility index (Phi) is 5.50. The van der Waals surface area contributed by atoms with E-state index in [1.807, 2.05) is 0 Å². The van der Waals surface area contributed by atoms with Gasteiger partial charge in [0.2, 0.25) is 0 Å². The second-order valence-corrected chi connectivity index (χ2v) is 5.68. The highest BCUT2D eigenvalue weighted by Crippen LogP contribution is 2.39. The summed E-state index contributed by atoms with van der Waals surface area (Å²) in [5.41, 5.74) is 7.75. The predicted octanol–water partition coefficient (Wildman–Crippen LogP) is 2.50. The van der Waals surface area contributed by atoms with Crippen molar-refractivity contribution in [3.63, 3.8) is 0 Å². The molecular formula is C17H19ClN4O2. The van der Waals surface area contributed by atoms with Gasteiger partial charge >= 0.3 is 0 Å². The minimum atomic E-state index is -0.0747. The summed E-state index contributed by atoms with van der Waals surface area (Å²) in [4.78, 5) is 4.21. The van der Waals surface area contributed by atoms with Crippen LogP contribution in [0.15, 0.2) is 24.3 Å². The van der Waals surface area contributed by atoms with Crippen LogP contribution in [0.25, 0.3) is 11.3 Å². The van der Waals surface area contributed by atoms with E-state index in [0.29, 0.717) is 11.3 Å². The number of nitrogens with one attached hydrogen (secondary N) is 1. The molecule has 1 aliphatic heterocycles. The standard InChI is InChI=1S/C17H18N4O2.ClH/c18-8-12-11(10-3-2-6-20-9-10)7-13(21-17(12)19)16-14(22)4-1-5-15(16)23;/h1,4-5,7,10,20,22-23H,2-3,6,9H2,(H2,19,21);1H. The number of nitrogen functional groups attached to an aromatic ring is 1. The number of aromatic nitrogens is 1. The Hall–Kier alpha value is -2.49. The average Bonchev–Trinajstić information content (AvgIpc) is 2.55. The molecule has 1 aromatic carbocycles. The van der Waals surface area contributed by atoms with Crippen LogP contribution in [0.3, 0.4) is 0 Å². The highest BCUT2D eigenvalue weighted by atomic mass is 35.5. The normalized spacial score (nSPS) is 16.9. The van der Waals surface area contributed by atoms with Crippen LogP contribution in [-0.2, 0) is 0 Å². The van der Waals surface area contributed by atoms with Crippen molar-refractivity contribution in [2.75, 3.05) is 18.8 Å². The number of hydrogen-bond donors (Lipinski definition) is 4. The molecule has 0 spiro atoms. The molecule has 0 radical (unpaired) electrons. The Morgan fingerprint density at radius 3 is 2.58 bits per heavy atom. The van der Waals surface area contributed by atoms with Crippen molar-refractivity contribution in [3.8, 4) is 28.8 Å². The van der Waals surface area contributed by atoms with Gasteiger partial charge in [-0.3, -0.25) is 0 Å². The van der Waals surface area contributed by atoms with Gasteiger partial charge in [0.15, 0.2) is 0 Å². The number of nitrogens with two attached hydrogens (primary N) is 1. The summed E-state index contributed by atoms with van der Waals surface area (Å²) >= 11 is 0. The zero-order valence-corrected chi connectivity index (χ0v) is 13.8. The molecule has 1 aliphatic rings. The molecule has 7 heteroatoms. The number of nitrogens with zero attached hydrogens (tertiary/aromatic N) is 2. The molecule has 126 valence electrons. The van der Waals surface area contributed by atoms with E-state index in [1.165, 1.54) is 12.1 Å². The van der Waals surface area contributed by atoms with Gasteiger partial charge in [-0.25, -0.2) is 4.98 Å². The van der Waals surface area contributed by atoms with Gasteiger partial charge in [-0.05, 0) is 49.1 Å². The summed E-state index contributed by atoms with van der Waals surface area (Å²) < 4.78 is 0. The van der Waals surface area contributed by atoms with Crippen molar-refractivity contribution < 1.29 is 10.2 Å². The van der Waals surface area contributed by atoms with E-state index in [0.717, 1.165) is 31.5 Å². The third-order valence-corrected chi connectivity index (χ3v) is 4.20. The van der Waals surface area contributed by atoms with E-state index < -0.39 is 0 Å². The van der Waals surface area contributed by atoms with E-state index in [-0.39, 0.29) is 41.2 Å². The third-order valence-electron chi connectivity index (χ3n) is 4.20. The van der Waals surface area contributed by atoms with Crippen molar-refractivity contribution in [2.24, 2.45) is 0 Å². The van der Waals surface area contributed by atoms with Crippen LogP contribution in [0.4, 0.5) is 5.82 Å². The van der Waals surface area contributed by atoms with Crippen LogP contribution in [0, 0.1) is 11.3 Å². The quantitative estimate of drug-likeness (QED) is 0.664. The van der Waals surface area contributed by atoms with E-state index in [4.69, 9.17) is 5.73 Å². The molecule has 1 unspecified atom stereocenters. The minimum Gasteiger partial charge on any atom is -0.507 e. The molecule has 1 fully saturated rings. The molecule has 24 heavy (non-hydrogen) atoms. The van der Waals surface area contributed by atoms with E-state index in [9.17, 15) is 15.5 Å². The summed E-state index contributed by atoms with van der Waals surface area (Å²) in [7, 11) is 0. The van der Waals surface area contributed by atoms with Gasteiger partial charge in [0.25, 0.3) is 0 Å². The lowest BCUT2D eigenvalue weighted by Crippen LogP contribution is -2.29. The lowest BCUT2D eigenvalue weighted by Gasteiger charge is -2.24. The second kappa shape index (κ2) is 7.39. The largest absolute Gasteiger partial charge is 0.507 e. The summed E-state index contributed by atoms with van der Waals surface area (Å²) in [5, 5.41) is 32.8. The van der Waals surface area contributed by atoms with Gasteiger partial charge in [0.05, 0.1) is 16.8 Å². The summed E-state index contributed by atoms with van der Waals surface area (Å²) in [6.45, 7) is 1.73. The van der Waals surface area contributed by atoms with Crippen LogP contribution >= 0.6 is 12.4 Å². The fourth-order valence-corrected chi connectivity index (χ4v) is 3.07. The molecular weight excluding hydrogens is 328 g/mol. The van der Waals surface area contributed by atoms with Crippen molar-refractivity contribution in [1.29, 1.82) is 5.26 Å². The molecule has 0 bridgehead atoms. The molecule has 0 aliphatic carbocycles. The number of aromatic hydroxyl groups is 2. The van der Waals surface area contributed by atoms with Crippen LogP contribution in [-0.4, -0.2) is 28.3 Å². The molecule has 2 heterocycles. The second-order valence-electron chi connectivity index (χ2n) is 5.68. The Labute approximate surface area is 146 Å². The van der Waals surface area contributed by atoms with Gasteiger partial charge in [0, 0.05) is 6.54 Å². The number of piperidine rings is 1. The molecule has 1 atom stereocenters. The van der Waals surface area contributed by atoms with Crippen LogP contribution in [0.5, 0.6) is 11.5 Å². The number of halogens is 1. The SMILES string of the molecule is Cl.N#Cc1c(C2CCCNC2)cc(-c2c(O)cccc2O)nc1N. The van der Waals surface area contributed by atoms with Gasteiger partial charge in [-0.2, -0.15) is 5.26 Å². The number of pyridine rings is 1. The van der Waals surface area contributed by atoms with E-state index in [2.05, 4.69) is 16.4 Å². The Morgan fingerprint density at radius 1 is 1.29 bits per heavy atom. The first-order valence-corrected chi connectivity index (χ1v) is 7.54. The summed E-state index contributed by atoms with van der Waals surface area (Å²) in [6.07, 6.45) is 1.98. The van der Waals surface area contributed by atoms with Crippen molar-refractivity contribution in [1.82, 2.24) is 10.3 Å². The first-order valence-electron chi connectivity index (χ1n) is 7.54. The predicted molar refractivity (Wildman–Crippen MR) is 94.2 cm³/mol.